The van der Waals surface area contributed by atoms with Gasteiger partial charge in [-0.2, -0.15) is 0 Å². The van der Waals surface area contributed by atoms with E-state index in [1.807, 2.05) is 25.1 Å². The Kier molecular flexibility index (Phi) is 5.59. The number of Topliss-reactive ketones (excluding diaryl/α,β-unsaturated/α-hetero) is 1. The lowest BCUT2D eigenvalue weighted by Crippen LogP contribution is -2.15. The summed E-state index contributed by atoms with van der Waals surface area (Å²) in [6.07, 6.45) is 2.64. The lowest BCUT2D eigenvalue weighted by molar-refractivity contribution is 0.0979. The van der Waals surface area contributed by atoms with E-state index in [1.54, 1.807) is 0 Å². The van der Waals surface area contributed by atoms with E-state index in [-0.39, 0.29) is 11.2 Å². The fourth-order valence-corrected chi connectivity index (χ4v) is 2.05. The summed E-state index contributed by atoms with van der Waals surface area (Å²) in [5.74, 6) is 1.12. The summed E-state index contributed by atoms with van der Waals surface area (Å²) in [7, 11) is 0. The third-order valence-corrected chi connectivity index (χ3v) is 3.17. The van der Waals surface area contributed by atoms with Gasteiger partial charge in [0, 0.05) is 17.5 Å². The zero-order chi connectivity index (χ0) is 14.5. The van der Waals surface area contributed by atoms with E-state index < -0.39 is 0 Å². The molecule has 0 aliphatic heterocycles. The Morgan fingerprint density at radius 3 is 2.42 bits per heavy atom. The van der Waals surface area contributed by atoms with Crippen molar-refractivity contribution in [2.75, 3.05) is 6.61 Å². The Balaban J connectivity index is 3.07. The zero-order valence-electron chi connectivity index (χ0n) is 12.9. The second kappa shape index (κ2) is 6.74. The molecule has 0 fully saturated rings. The standard InChI is InChI=1S/C17H26O2/c1-6-8-9-15(18)13-10-11-16(19-7-2)14(12-13)17(3,4)5/h10-12H,6-9H2,1-5H3. The molecule has 0 spiro atoms. The molecule has 0 atom stereocenters. The van der Waals surface area contributed by atoms with Gasteiger partial charge in [-0.3, -0.25) is 4.79 Å². The first-order valence-electron chi connectivity index (χ1n) is 7.20. The Morgan fingerprint density at radius 1 is 1.21 bits per heavy atom. The van der Waals surface area contributed by atoms with Gasteiger partial charge < -0.3 is 4.74 Å². The summed E-state index contributed by atoms with van der Waals surface area (Å²) in [6, 6.07) is 5.82. The van der Waals surface area contributed by atoms with Crippen LogP contribution in [0, 0.1) is 0 Å². The SMILES string of the molecule is CCCCC(=O)c1ccc(OCC)c(C(C)(C)C)c1. The van der Waals surface area contributed by atoms with Crippen LogP contribution >= 0.6 is 0 Å². The van der Waals surface area contributed by atoms with Crippen molar-refractivity contribution in [3.05, 3.63) is 29.3 Å². The number of hydrogen-bond donors (Lipinski definition) is 0. The van der Waals surface area contributed by atoms with Gasteiger partial charge >= 0.3 is 0 Å². The molecule has 0 radical (unpaired) electrons. The van der Waals surface area contributed by atoms with Crippen molar-refractivity contribution in [3.63, 3.8) is 0 Å². The maximum Gasteiger partial charge on any atom is 0.162 e. The van der Waals surface area contributed by atoms with E-state index in [2.05, 4.69) is 27.7 Å². The Morgan fingerprint density at radius 2 is 1.89 bits per heavy atom. The topological polar surface area (TPSA) is 26.3 Å². The van der Waals surface area contributed by atoms with E-state index in [9.17, 15) is 4.79 Å². The van der Waals surface area contributed by atoms with Gasteiger partial charge in [0.1, 0.15) is 5.75 Å². The zero-order valence-corrected chi connectivity index (χ0v) is 12.9. The highest BCUT2D eigenvalue weighted by Gasteiger charge is 2.20. The molecule has 106 valence electrons. The van der Waals surface area contributed by atoms with Crippen molar-refractivity contribution in [1.82, 2.24) is 0 Å². The van der Waals surface area contributed by atoms with Crippen molar-refractivity contribution < 1.29 is 9.53 Å². The minimum absolute atomic E-state index is 0.0223. The van der Waals surface area contributed by atoms with Gasteiger partial charge in [0.2, 0.25) is 0 Å². The molecule has 1 aromatic rings. The van der Waals surface area contributed by atoms with Crippen LogP contribution in [0.3, 0.4) is 0 Å². The van der Waals surface area contributed by atoms with E-state index in [1.165, 1.54) is 0 Å². The van der Waals surface area contributed by atoms with Crippen molar-refractivity contribution in [2.24, 2.45) is 0 Å². The summed E-state index contributed by atoms with van der Waals surface area (Å²) in [5, 5.41) is 0. The second-order valence-corrected chi connectivity index (χ2v) is 5.92. The average molecular weight is 262 g/mol. The molecule has 1 aromatic carbocycles. The molecule has 0 aliphatic rings. The highest BCUT2D eigenvalue weighted by Crippen LogP contribution is 2.32. The van der Waals surface area contributed by atoms with Crippen LogP contribution in [0.1, 0.15) is 69.8 Å². The summed E-state index contributed by atoms with van der Waals surface area (Å²) < 4.78 is 5.67. The fraction of sp³-hybridized carbons (Fsp3) is 0.588. The highest BCUT2D eigenvalue weighted by molar-refractivity contribution is 5.96. The molecule has 0 aliphatic carbocycles. The van der Waals surface area contributed by atoms with E-state index in [4.69, 9.17) is 4.74 Å². The maximum absolute atomic E-state index is 12.1. The number of benzene rings is 1. The van der Waals surface area contributed by atoms with Crippen molar-refractivity contribution in [1.29, 1.82) is 0 Å². The first-order chi connectivity index (χ1) is 8.90. The summed E-state index contributed by atoms with van der Waals surface area (Å²) >= 11 is 0. The summed E-state index contributed by atoms with van der Waals surface area (Å²) in [4.78, 5) is 12.1. The van der Waals surface area contributed by atoms with Crippen LogP contribution in [0.25, 0.3) is 0 Å². The minimum atomic E-state index is -0.0223. The van der Waals surface area contributed by atoms with Gasteiger partial charge in [-0.1, -0.05) is 34.1 Å². The van der Waals surface area contributed by atoms with Crippen molar-refractivity contribution >= 4 is 5.78 Å². The smallest absolute Gasteiger partial charge is 0.162 e. The predicted molar refractivity (Wildman–Crippen MR) is 80.2 cm³/mol. The number of hydrogen-bond acceptors (Lipinski definition) is 2. The molecule has 2 heteroatoms. The number of unbranched alkanes of at least 4 members (excludes halogenated alkanes) is 1. The fourth-order valence-electron chi connectivity index (χ4n) is 2.05. The Labute approximate surface area is 117 Å². The molecule has 0 amide bonds. The molecule has 0 saturated carbocycles. The van der Waals surface area contributed by atoms with Crippen molar-refractivity contribution in [3.8, 4) is 5.75 Å². The number of rotatable bonds is 6. The van der Waals surface area contributed by atoms with Crippen LogP contribution in [0.4, 0.5) is 0 Å². The summed E-state index contributed by atoms with van der Waals surface area (Å²) in [5.41, 5.74) is 1.89. The molecule has 0 saturated heterocycles. The lowest BCUT2D eigenvalue weighted by atomic mass is 9.84. The summed E-state index contributed by atoms with van der Waals surface area (Å²) in [6.45, 7) is 11.2. The van der Waals surface area contributed by atoms with Gasteiger partial charge in [0.05, 0.1) is 6.61 Å². The quantitative estimate of drug-likeness (QED) is 0.691. The molecule has 0 unspecified atom stereocenters. The van der Waals surface area contributed by atoms with Gasteiger partial charge in [-0.25, -0.2) is 0 Å². The third-order valence-electron chi connectivity index (χ3n) is 3.17. The number of carbonyl (C=O) groups excluding carboxylic acids is 1. The van der Waals surface area contributed by atoms with Crippen molar-refractivity contribution in [2.45, 2.75) is 59.3 Å². The first-order valence-corrected chi connectivity index (χ1v) is 7.20. The molecular weight excluding hydrogens is 236 g/mol. The third kappa shape index (κ3) is 4.38. The van der Waals surface area contributed by atoms with Gasteiger partial charge in [0.15, 0.2) is 5.78 Å². The molecule has 19 heavy (non-hydrogen) atoms. The van der Waals surface area contributed by atoms with E-state index in [0.717, 1.165) is 29.7 Å². The number of carbonyl (C=O) groups is 1. The van der Waals surface area contributed by atoms with Gasteiger partial charge in [0.25, 0.3) is 0 Å². The molecule has 0 heterocycles. The van der Waals surface area contributed by atoms with Crippen LogP contribution in [0.5, 0.6) is 5.75 Å². The van der Waals surface area contributed by atoms with Crippen LogP contribution in [-0.2, 0) is 5.41 Å². The van der Waals surface area contributed by atoms with Crippen LogP contribution in [-0.4, -0.2) is 12.4 Å². The minimum Gasteiger partial charge on any atom is -0.494 e. The molecule has 2 nitrogen and oxygen atoms in total. The Bertz CT molecular complexity index is 427. The molecule has 0 bridgehead atoms. The highest BCUT2D eigenvalue weighted by atomic mass is 16.5. The number of ether oxygens (including phenoxy) is 1. The lowest BCUT2D eigenvalue weighted by Gasteiger charge is -2.23. The molecule has 1 rings (SSSR count). The predicted octanol–water partition coefficient (Wildman–Crippen LogP) is 4.76. The van der Waals surface area contributed by atoms with Crippen LogP contribution in [0.2, 0.25) is 0 Å². The van der Waals surface area contributed by atoms with E-state index in [0.29, 0.717) is 13.0 Å². The van der Waals surface area contributed by atoms with Crippen LogP contribution < -0.4 is 4.74 Å². The van der Waals surface area contributed by atoms with E-state index >= 15 is 0 Å². The van der Waals surface area contributed by atoms with Crippen LogP contribution in [0.15, 0.2) is 18.2 Å². The maximum atomic E-state index is 12.1. The average Bonchev–Trinajstić information content (AvgIpc) is 2.35. The molecular formula is C17H26O2. The number of ketones is 1. The Hall–Kier alpha value is -1.31. The molecule has 0 N–H and O–H groups in total. The van der Waals surface area contributed by atoms with Gasteiger partial charge in [-0.15, -0.1) is 0 Å². The van der Waals surface area contributed by atoms with Gasteiger partial charge in [-0.05, 0) is 37.0 Å². The molecule has 0 aromatic heterocycles. The first kappa shape index (κ1) is 15.7. The second-order valence-electron chi connectivity index (χ2n) is 5.92. The monoisotopic (exact) mass is 262 g/mol. The normalized spacial score (nSPS) is 11.4. The largest absolute Gasteiger partial charge is 0.494 e.